The molecule has 0 aromatic carbocycles. The zero-order chi connectivity index (χ0) is 14.2. The molecule has 0 spiro atoms. The minimum Gasteiger partial charge on any atom is -0.382 e. The van der Waals surface area contributed by atoms with E-state index in [0.717, 1.165) is 19.6 Å². The zero-order valence-electron chi connectivity index (χ0n) is 13.4. The van der Waals surface area contributed by atoms with Gasteiger partial charge in [-0.05, 0) is 45.1 Å². The van der Waals surface area contributed by atoms with E-state index in [9.17, 15) is 0 Å². The maximum absolute atomic E-state index is 5.58. The van der Waals surface area contributed by atoms with Gasteiger partial charge in [0.15, 0.2) is 0 Å². The number of ether oxygens (including phenoxy) is 2. The lowest BCUT2D eigenvalue weighted by Gasteiger charge is -2.34. The molecule has 0 saturated carbocycles. The first-order chi connectivity index (χ1) is 8.17. The topological polar surface area (TPSA) is 30.5 Å². The summed E-state index contributed by atoms with van der Waals surface area (Å²) in [5.74, 6) is 0.624. The minimum absolute atomic E-state index is 0.181. The largest absolute Gasteiger partial charge is 0.382 e. The van der Waals surface area contributed by atoms with E-state index >= 15 is 0 Å². The molecule has 18 heavy (non-hydrogen) atoms. The average molecular weight is 259 g/mol. The molecule has 0 saturated heterocycles. The normalized spacial score (nSPS) is 14.8. The van der Waals surface area contributed by atoms with Gasteiger partial charge in [0.1, 0.15) is 0 Å². The minimum atomic E-state index is 0.181. The predicted molar refractivity (Wildman–Crippen MR) is 78.0 cm³/mol. The molecule has 0 rings (SSSR count). The maximum atomic E-state index is 5.58. The Hall–Kier alpha value is -0.120. The Morgan fingerprint density at radius 3 is 2.00 bits per heavy atom. The fraction of sp³-hybridized carbons (Fsp3) is 1.00. The molecular formula is C15H33NO2. The fourth-order valence-corrected chi connectivity index (χ4v) is 1.74. The molecule has 0 aliphatic carbocycles. The SMILES string of the molecule is COCCOCCC(CNC(C)(C)C)C(C)(C)C. The Morgan fingerprint density at radius 1 is 0.944 bits per heavy atom. The smallest absolute Gasteiger partial charge is 0.0700 e. The third-order valence-electron chi connectivity index (χ3n) is 3.15. The molecule has 3 nitrogen and oxygen atoms in total. The van der Waals surface area contributed by atoms with E-state index < -0.39 is 0 Å². The van der Waals surface area contributed by atoms with Gasteiger partial charge in [-0.3, -0.25) is 0 Å². The molecule has 0 aromatic heterocycles. The van der Waals surface area contributed by atoms with Crippen LogP contribution in [0.2, 0.25) is 0 Å². The van der Waals surface area contributed by atoms with Crippen LogP contribution in [-0.4, -0.2) is 39.0 Å². The van der Waals surface area contributed by atoms with Gasteiger partial charge in [-0.25, -0.2) is 0 Å². The van der Waals surface area contributed by atoms with Crippen LogP contribution in [0.5, 0.6) is 0 Å². The summed E-state index contributed by atoms with van der Waals surface area (Å²) in [6.45, 7) is 16.8. The van der Waals surface area contributed by atoms with Crippen molar-refractivity contribution in [3.63, 3.8) is 0 Å². The molecular weight excluding hydrogens is 226 g/mol. The molecule has 0 amide bonds. The third-order valence-corrected chi connectivity index (χ3v) is 3.15. The van der Waals surface area contributed by atoms with Crippen LogP contribution in [0.25, 0.3) is 0 Å². The third kappa shape index (κ3) is 9.86. The first-order valence-corrected chi connectivity index (χ1v) is 6.98. The first-order valence-electron chi connectivity index (χ1n) is 6.98. The summed E-state index contributed by atoms with van der Waals surface area (Å²) >= 11 is 0. The Kier molecular flexibility index (Phi) is 8.08. The number of hydrogen-bond acceptors (Lipinski definition) is 3. The van der Waals surface area contributed by atoms with Crippen molar-refractivity contribution in [1.82, 2.24) is 5.32 Å². The highest BCUT2D eigenvalue weighted by molar-refractivity contribution is 4.80. The van der Waals surface area contributed by atoms with E-state index in [1.807, 2.05) is 0 Å². The van der Waals surface area contributed by atoms with Gasteiger partial charge < -0.3 is 14.8 Å². The summed E-state index contributed by atoms with van der Waals surface area (Å²) in [4.78, 5) is 0. The average Bonchev–Trinajstić information content (AvgIpc) is 2.18. The summed E-state index contributed by atoms with van der Waals surface area (Å²) in [5, 5.41) is 3.60. The molecule has 0 aliphatic rings. The van der Waals surface area contributed by atoms with Crippen molar-refractivity contribution in [3.8, 4) is 0 Å². The van der Waals surface area contributed by atoms with Crippen LogP contribution in [0, 0.1) is 11.3 Å². The molecule has 3 heteroatoms. The monoisotopic (exact) mass is 259 g/mol. The summed E-state index contributed by atoms with van der Waals surface area (Å²) in [6, 6.07) is 0. The van der Waals surface area contributed by atoms with Crippen LogP contribution in [0.15, 0.2) is 0 Å². The van der Waals surface area contributed by atoms with Crippen LogP contribution >= 0.6 is 0 Å². The number of nitrogens with one attached hydrogen (secondary N) is 1. The van der Waals surface area contributed by atoms with Crippen molar-refractivity contribution >= 4 is 0 Å². The molecule has 110 valence electrons. The van der Waals surface area contributed by atoms with Gasteiger partial charge in [0.25, 0.3) is 0 Å². The van der Waals surface area contributed by atoms with Crippen LogP contribution in [0.4, 0.5) is 0 Å². The van der Waals surface area contributed by atoms with Gasteiger partial charge in [0.2, 0.25) is 0 Å². The second-order valence-corrected chi connectivity index (χ2v) is 7.09. The molecule has 0 aromatic rings. The van der Waals surface area contributed by atoms with Gasteiger partial charge >= 0.3 is 0 Å². The predicted octanol–water partition coefficient (Wildman–Crippen LogP) is 3.09. The van der Waals surface area contributed by atoms with E-state index in [-0.39, 0.29) is 5.54 Å². The van der Waals surface area contributed by atoms with Crippen molar-refractivity contribution < 1.29 is 9.47 Å². The van der Waals surface area contributed by atoms with Crippen molar-refractivity contribution in [3.05, 3.63) is 0 Å². The van der Waals surface area contributed by atoms with E-state index in [1.54, 1.807) is 7.11 Å². The van der Waals surface area contributed by atoms with Crippen LogP contribution < -0.4 is 5.32 Å². The molecule has 0 heterocycles. The lowest BCUT2D eigenvalue weighted by Crippen LogP contribution is -2.42. The van der Waals surface area contributed by atoms with Crippen molar-refractivity contribution in [1.29, 1.82) is 0 Å². The lowest BCUT2D eigenvalue weighted by atomic mass is 9.78. The molecule has 1 unspecified atom stereocenters. The highest BCUT2D eigenvalue weighted by atomic mass is 16.5. The number of rotatable bonds is 8. The van der Waals surface area contributed by atoms with Gasteiger partial charge in [-0.1, -0.05) is 20.8 Å². The molecule has 1 N–H and O–H groups in total. The van der Waals surface area contributed by atoms with Crippen molar-refractivity contribution in [2.45, 2.75) is 53.5 Å². The maximum Gasteiger partial charge on any atom is 0.0700 e. The summed E-state index contributed by atoms with van der Waals surface area (Å²) in [5.41, 5.74) is 0.489. The summed E-state index contributed by atoms with van der Waals surface area (Å²) in [7, 11) is 1.70. The molecule has 0 fully saturated rings. The second kappa shape index (κ2) is 8.13. The van der Waals surface area contributed by atoms with Crippen LogP contribution in [-0.2, 0) is 9.47 Å². The van der Waals surface area contributed by atoms with E-state index in [4.69, 9.17) is 9.47 Å². The van der Waals surface area contributed by atoms with E-state index in [2.05, 4.69) is 46.9 Å². The fourth-order valence-electron chi connectivity index (χ4n) is 1.74. The zero-order valence-corrected chi connectivity index (χ0v) is 13.4. The van der Waals surface area contributed by atoms with E-state index in [0.29, 0.717) is 24.5 Å². The first kappa shape index (κ1) is 17.9. The molecule has 1 atom stereocenters. The second-order valence-electron chi connectivity index (χ2n) is 7.09. The number of hydrogen-bond donors (Lipinski definition) is 1. The standard InChI is InChI=1S/C15H33NO2/c1-14(2,3)13(12-16-15(4,5)6)8-9-18-11-10-17-7/h13,16H,8-12H2,1-7H3. The van der Waals surface area contributed by atoms with Crippen molar-refractivity contribution in [2.24, 2.45) is 11.3 Å². The van der Waals surface area contributed by atoms with Crippen molar-refractivity contribution in [2.75, 3.05) is 33.5 Å². The highest BCUT2D eigenvalue weighted by Gasteiger charge is 2.25. The van der Waals surface area contributed by atoms with Gasteiger partial charge in [0.05, 0.1) is 13.2 Å². The number of methoxy groups -OCH3 is 1. The summed E-state index contributed by atoms with van der Waals surface area (Å²) < 4.78 is 10.5. The lowest BCUT2D eigenvalue weighted by molar-refractivity contribution is 0.0531. The Balaban J connectivity index is 4.02. The Morgan fingerprint density at radius 2 is 1.56 bits per heavy atom. The van der Waals surface area contributed by atoms with Crippen LogP contribution in [0.1, 0.15) is 48.0 Å². The molecule has 0 radical (unpaired) electrons. The molecule has 0 bridgehead atoms. The van der Waals surface area contributed by atoms with E-state index in [1.165, 1.54) is 0 Å². The molecule has 0 aliphatic heterocycles. The quantitative estimate of drug-likeness (QED) is 0.680. The van der Waals surface area contributed by atoms with Gasteiger partial charge in [0, 0.05) is 19.3 Å². The Bertz CT molecular complexity index is 204. The Labute approximate surface area is 114 Å². The van der Waals surface area contributed by atoms with Crippen LogP contribution in [0.3, 0.4) is 0 Å². The highest BCUT2D eigenvalue weighted by Crippen LogP contribution is 2.28. The van der Waals surface area contributed by atoms with Gasteiger partial charge in [-0.2, -0.15) is 0 Å². The van der Waals surface area contributed by atoms with Gasteiger partial charge in [-0.15, -0.1) is 0 Å². The summed E-state index contributed by atoms with van der Waals surface area (Å²) in [6.07, 6.45) is 1.09.